The molecule has 10 heteroatoms. The fourth-order valence-corrected chi connectivity index (χ4v) is 9.33. The Morgan fingerprint density at radius 3 is 2.34 bits per heavy atom. The Balaban J connectivity index is 1.42. The molecule has 0 amide bonds. The molecule has 0 unspecified atom stereocenters. The Bertz CT molecular complexity index is 1330. The molecule has 0 aliphatic carbocycles. The van der Waals surface area contributed by atoms with Crippen LogP contribution in [0.3, 0.4) is 0 Å². The maximum atomic E-state index is 12.1. The molecule has 1 aliphatic rings. The van der Waals surface area contributed by atoms with Gasteiger partial charge in [-0.3, -0.25) is 14.3 Å². The Kier molecular flexibility index (Phi) is 6.05. The molecule has 2 aromatic carbocycles. The number of nitrogen functional groups attached to an aromatic ring is 1. The zero-order valence-corrected chi connectivity index (χ0v) is 21.0. The monoisotopic (exact) mass is 491 g/mol. The Morgan fingerprint density at radius 2 is 1.74 bits per heavy atom. The number of hydrogen-bond acceptors (Lipinski definition) is 7. The third-order valence-corrected chi connectivity index (χ3v) is 11.4. The van der Waals surface area contributed by atoms with Gasteiger partial charge in [-0.2, -0.15) is 4.98 Å². The number of H-pyrrole nitrogens is 1. The number of imidazole rings is 1. The third kappa shape index (κ3) is 4.18. The molecule has 1 fully saturated rings. The molecule has 4 aromatic rings. The summed E-state index contributed by atoms with van der Waals surface area (Å²) < 4.78 is 20.7. The van der Waals surface area contributed by atoms with Gasteiger partial charge in [0.25, 0.3) is 13.9 Å². The second kappa shape index (κ2) is 9.04. The number of aromatic amines is 1. The van der Waals surface area contributed by atoms with Crippen LogP contribution < -0.4 is 21.7 Å². The van der Waals surface area contributed by atoms with Gasteiger partial charge in [-0.05, 0) is 15.4 Å². The van der Waals surface area contributed by atoms with Crippen LogP contribution in [0.1, 0.15) is 27.0 Å². The molecule has 9 nitrogen and oxygen atoms in total. The number of hydrogen-bond donors (Lipinski definition) is 2. The predicted molar refractivity (Wildman–Crippen MR) is 136 cm³/mol. The van der Waals surface area contributed by atoms with E-state index in [1.807, 2.05) is 12.1 Å². The number of aromatic nitrogens is 4. The summed E-state index contributed by atoms with van der Waals surface area (Å²) >= 11 is 0. The first-order chi connectivity index (χ1) is 16.8. The van der Waals surface area contributed by atoms with Gasteiger partial charge in [0.1, 0.15) is 0 Å². The SMILES string of the molecule is CC(C)(C)[Si](OC[C@@H]1OC[C@H](n2cnc3c(=O)[nH]c(N)nc32)O1)(c1ccccc1)c1ccccc1. The van der Waals surface area contributed by atoms with Crippen molar-refractivity contribution in [1.82, 2.24) is 19.5 Å². The van der Waals surface area contributed by atoms with Gasteiger partial charge in [0.2, 0.25) is 5.95 Å². The van der Waals surface area contributed by atoms with E-state index in [-0.39, 0.29) is 29.7 Å². The number of ether oxygens (including phenoxy) is 2. The highest BCUT2D eigenvalue weighted by Gasteiger charge is 2.50. The van der Waals surface area contributed by atoms with Crippen LogP contribution in [0.15, 0.2) is 71.8 Å². The average molecular weight is 492 g/mol. The summed E-state index contributed by atoms with van der Waals surface area (Å²) in [6.45, 7) is 7.21. The van der Waals surface area contributed by atoms with Gasteiger partial charge in [0.05, 0.1) is 19.5 Å². The van der Waals surface area contributed by atoms with Crippen molar-refractivity contribution < 1.29 is 13.9 Å². The molecule has 35 heavy (non-hydrogen) atoms. The van der Waals surface area contributed by atoms with E-state index >= 15 is 0 Å². The van der Waals surface area contributed by atoms with Crippen LogP contribution in [0.2, 0.25) is 5.04 Å². The predicted octanol–water partition coefficient (Wildman–Crippen LogP) is 2.15. The fourth-order valence-electron chi connectivity index (χ4n) is 4.79. The third-order valence-electron chi connectivity index (χ3n) is 6.35. The number of anilines is 1. The Hall–Kier alpha value is -3.31. The van der Waals surface area contributed by atoms with Crippen molar-refractivity contribution in [2.45, 2.75) is 38.3 Å². The van der Waals surface area contributed by atoms with E-state index in [1.165, 1.54) is 16.7 Å². The van der Waals surface area contributed by atoms with Crippen LogP contribution in [0.25, 0.3) is 11.2 Å². The molecular weight excluding hydrogens is 462 g/mol. The molecule has 3 N–H and O–H groups in total. The molecule has 0 spiro atoms. The average Bonchev–Trinajstić information content (AvgIpc) is 3.47. The molecular formula is C25H29N5O4Si. The standard InChI is InChI=1S/C25H29N5O4Si/c1-25(2,3)35(17-10-6-4-7-11-17,18-12-8-5-9-13-18)33-15-20-32-14-19(34-20)30-16-27-21-22(30)28-24(26)29-23(21)31/h4-13,16,19-20H,14-15H2,1-3H3,(H3,26,28,29,31)/t19-,20-/m1/s1. The summed E-state index contributed by atoms with van der Waals surface area (Å²) in [4.78, 5) is 23.0. The molecule has 5 rings (SSSR count). The minimum atomic E-state index is -2.72. The zero-order chi connectivity index (χ0) is 24.6. The maximum Gasteiger partial charge on any atom is 0.280 e. The normalized spacial score (nSPS) is 18.8. The molecule has 0 radical (unpaired) electrons. The molecule has 3 heterocycles. The van der Waals surface area contributed by atoms with Crippen molar-refractivity contribution in [3.63, 3.8) is 0 Å². The second-order valence-corrected chi connectivity index (χ2v) is 13.9. The lowest BCUT2D eigenvalue weighted by Crippen LogP contribution is -2.67. The first kappa shape index (κ1) is 23.4. The van der Waals surface area contributed by atoms with Crippen molar-refractivity contribution in [2.75, 3.05) is 18.9 Å². The summed E-state index contributed by atoms with van der Waals surface area (Å²) in [7, 11) is -2.72. The number of fused-ring (bicyclic) bond motifs is 1. The van der Waals surface area contributed by atoms with E-state index < -0.39 is 26.4 Å². The smallest absolute Gasteiger partial charge is 0.280 e. The van der Waals surface area contributed by atoms with Crippen molar-refractivity contribution in [1.29, 1.82) is 0 Å². The van der Waals surface area contributed by atoms with E-state index in [0.717, 1.165) is 0 Å². The summed E-state index contributed by atoms with van der Waals surface area (Å²) in [6.07, 6.45) is 0.436. The van der Waals surface area contributed by atoms with Crippen molar-refractivity contribution in [3.8, 4) is 0 Å². The topological polar surface area (TPSA) is 117 Å². The van der Waals surface area contributed by atoms with E-state index in [2.05, 4.69) is 84.3 Å². The minimum Gasteiger partial charge on any atom is -0.402 e. The lowest BCUT2D eigenvalue weighted by molar-refractivity contribution is -0.0943. The maximum absolute atomic E-state index is 12.1. The van der Waals surface area contributed by atoms with E-state index in [1.54, 1.807) is 4.57 Å². The molecule has 1 saturated heterocycles. The summed E-state index contributed by atoms with van der Waals surface area (Å²) in [5.41, 5.74) is 5.90. The van der Waals surface area contributed by atoms with Crippen LogP contribution in [0.4, 0.5) is 5.95 Å². The molecule has 2 atom stereocenters. The number of nitrogens with zero attached hydrogens (tertiary/aromatic N) is 3. The summed E-state index contributed by atoms with van der Waals surface area (Å²) in [5.74, 6) is 0.0229. The van der Waals surface area contributed by atoms with E-state index in [4.69, 9.17) is 19.6 Å². The van der Waals surface area contributed by atoms with E-state index in [9.17, 15) is 4.79 Å². The highest BCUT2D eigenvalue weighted by atomic mass is 28.4. The Labute approximate surface area is 204 Å². The molecule has 0 saturated carbocycles. The minimum absolute atomic E-state index is 0.0229. The highest BCUT2D eigenvalue weighted by molar-refractivity contribution is 6.99. The Morgan fingerprint density at radius 1 is 1.11 bits per heavy atom. The van der Waals surface area contributed by atoms with Crippen LogP contribution in [0, 0.1) is 0 Å². The first-order valence-corrected chi connectivity index (χ1v) is 13.4. The van der Waals surface area contributed by atoms with Crippen LogP contribution in [-0.4, -0.2) is 47.3 Å². The van der Waals surface area contributed by atoms with Crippen LogP contribution in [-0.2, 0) is 13.9 Å². The lowest BCUT2D eigenvalue weighted by atomic mass is 10.2. The van der Waals surface area contributed by atoms with E-state index in [0.29, 0.717) is 5.65 Å². The molecule has 2 aromatic heterocycles. The zero-order valence-electron chi connectivity index (χ0n) is 20.0. The van der Waals surface area contributed by atoms with Crippen molar-refractivity contribution >= 4 is 35.8 Å². The van der Waals surface area contributed by atoms with Gasteiger partial charge in [-0.1, -0.05) is 81.4 Å². The lowest BCUT2D eigenvalue weighted by Gasteiger charge is -2.43. The highest BCUT2D eigenvalue weighted by Crippen LogP contribution is 2.37. The van der Waals surface area contributed by atoms with Gasteiger partial charge < -0.3 is 19.6 Å². The number of benzene rings is 2. The molecule has 182 valence electrons. The second-order valence-electron chi connectivity index (χ2n) is 9.60. The van der Waals surface area contributed by atoms with Crippen molar-refractivity contribution in [3.05, 3.63) is 77.3 Å². The van der Waals surface area contributed by atoms with Gasteiger partial charge in [0.15, 0.2) is 23.7 Å². The van der Waals surface area contributed by atoms with Crippen LogP contribution >= 0.6 is 0 Å². The quantitative estimate of drug-likeness (QED) is 0.397. The summed E-state index contributed by atoms with van der Waals surface area (Å²) in [6, 6.07) is 20.8. The number of nitrogens with two attached hydrogens (primary N) is 1. The van der Waals surface area contributed by atoms with Crippen LogP contribution in [0.5, 0.6) is 0 Å². The number of nitrogens with one attached hydrogen (secondary N) is 1. The van der Waals surface area contributed by atoms with Gasteiger partial charge in [-0.15, -0.1) is 0 Å². The molecule has 0 bridgehead atoms. The van der Waals surface area contributed by atoms with Crippen molar-refractivity contribution in [2.24, 2.45) is 0 Å². The van der Waals surface area contributed by atoms with Gasteiger partial charge >= 0.3 is 0 Å². The largest absolute Gasteiger partial charge is 0.402 e. The molecule has 1 aliphatic heterocycles. The van der Waals surface area contributed by atoms with Gasteiger partial charge in [0, 0.05) is 0 Å². The van der Waals surface area contributed by atoms with Gasteiger partial charge in [-0.25, -0.2) is 4.98 Å². The summed E-state index contributed by atoms with van der Waals surface area (Å²) in [5, 5.41) is 2.22. The fraction of sp³-hybridized carbons (Fsp3) is 0.320. The first-order valence-electron chi connectivity index (χ1n) is 11.5. The number of rotatable bonds is 6.